The lowest BCUT2D eigenvalue weighted by atomic mass is 10.5. The molecule has 0 aromatic heterocycles. The second kappa shape index (κ2) is 3.83. The summed E-state index contributed by atoms with van der Waals surface area (Å²) in [6.45, 7) is 6.99. The van der Waals surface area contributed by atoms with E-state index >= 15 is 0 Å². The predicted molar refractivity (Wildman–Crippen MR) is 40.6 cm³/mol. The van der Waals surface area contributed by atoms with Gasteiger partial charge in [0, 0.05) is 5.71 Å². The van der Waals surface area contributed by atoms with Gasteiger partial charge in [0.2, 0.25) is 0 Å². The molecule has 0 aromatic carbocycles. The average Bonchev–Trinajstić information content (AvgIpc) is 1.83. The maximum Gasteiger partial charge on any atom is 0.141 e. The van der Waals surface area contributed by atoms with Crippen LogP contribution in [0, 0.1) is 0 Å². The Morgan fingerprint density at radius 1 is 1.56 bits per heavy atom. The van der Waals surface area contributed by atoms with Crippen LogP contribution in [0.1, 0.15) is 13.8 Å². The van der Waals surface area contributed by atoms with Gasteiger partial charge in [0.1, 0.15) is 5.82 Å². The van der Waals surface area contributed by atoms with Crippen LogP contribution in [0.25, 0.3) is 0 Å². The van der Waals surface area contributed by atoms with Gasteiger partial charge in [0.05, 0.1) is 6.20 Å². The van der Waals surface area contributed by atoms with Crippen molar-refractivity contribution in [3.63, 3.8) is 0 Å². The molecule has 50 valence electrons. The Kier molecular flexibility index (Phi) is 3.35. The lowest BCUT2D eigenvalue weighted by Crippen LogP contribution is -1.91. The SMILES string of the molecule is C=N/C(N)=C\N=C(C)C. The van der Waals surface area contributed by atoms with Crippen LogP contribution in [0.3, 0.4) is 0 Å². The first-order valence-corrected chi connectivity index (χ1v) is 2.60. The highest BCUT2D eigenvalue weighted by Gasteiger charge is 1.76. The third-order valence-corrected chi connectivity index (χ3v) is 0.638. The van der Waals surface area contributed by atoms with E-state index in [1.807, 2.05) is 13.8 Å². The highest BCUT2D eigenvalue weighted by molar-refractivity contribution is 5.79. The van der Waals surface area contributed by atoms with Crippen LogP contribution in [0.15, 0.2) is 22.0 Å². The van der Waals surface area contributed by atoms with Gasteiger partial charge < -0.3 is 5.73 Å². The van der Waals surface area contributed by atoms with E-state index in [0.29, 0.717) is 5.82 Å². The number of rotatable bonds is 2. The minimum absolute atomic E-state index is 0.344. The fraction of sp³-hybridized carbons (Fsp3) is 0.333. The summed E-state index contributed by atoms with van der Waals surface area (Å²) in [6, 6.07) is 0. The van der Waals surface area contributed by atoms with Crippen LogP contribution in [0.5, 0.6) is 0 Å². The van der Waals surface area contributed by atoms with Crippen molar-refractivity contribution in [3.05, 3.63) is 12.0 Å². The standard InChI is InChI=1S/C6H11N3/c1-5(2)9-4-6(7)8-3/h4H,3,7H2,1-2H3/b6-4-. The van der Waals surface area contributed by atoms with Crippen molar-refractivity contribution in [3.8, 4) is 0 Å². The van der Waals surface area contributed by atoms with Gasteiger partial charge in [0.15, 0.2) is 0 Å². The summed E-state index contributed by atoms with van der Waals surface area (Å²) in [5, 5.41) is 0. The second-order valence-corrected chi connectivity index (χ2v) is 1.79. The summed E-state index contributed by atoms with van der Waals surface area (Å²) < 4.78 is 0. The first-order chi connectivity index (χ1) is 4.16. The van der Waals surface area contributed by atoms with Crippen molar-refractivity contribution >= 4 is 12.4 Å². The third kappa shape index (κ3) is 4.74. The highest BCUT2D eigenvalue weighted by atomic mass is 14.9. The third-order valence-electron chi connectivity index (χ3n) is 0.638. The van der Waals surface area contributed by atoms with Crippen molar-refractivity contribution in [2.45, 2.75) is 13.8 Å². The van der Waals surface area contributed by atoms with Gasteiger partial charge in [-0.05, 0) is 20.6 Å². The molecule has 0 aliphatic rings. The zero-order valence-electron chi connectivity index (χ0n) is 5.76. The van der Waals surface area contributed by atoms with Crippen LogP contribution in [0.4, 0.5) is 0 Å². The van der Waals surface area contributed by atoms with E-state index in [4.69, 9.17) is 5.73 Å². The lowest BCUT2D eigenvalue weighted by molar-refractivity contribution is 1.22. The molecule has 3 heteroatoms. The summed E-state index contributed by atoms with van der Waals surface area (Å²) in [6.07, 6.45) is 1.47. The van der Waals surface area contributed by atoms with Gasteiger partial charge in [0.25, 0.3) is 0 Å². The largest absolute Gasteiger partial charge is 0.382 e. The monoisotopic (exact) mass is 125 g/mol. The van der Waals surface area contributed by atoms with Gasteiger partial charge in [-0.25, -0.2) is 4.99 Å². The Balaban J connectivity index is 3.98. The molecule has 0 amide bonds. The van der Waals surface area contributed by atoms with Gasteiger partial charge in [-0.15, -0.1) is 0 Å². The maximum atomic E-state index is 5.25. The van der Waals surface area contributed by atoms with Gasteiger partial charge in [-0.2, -0.15) is 0 Å². The summed E-state index contributed by atoms with van der Waals surface area (Å²) in [4.78, 5) is 7.33. The van der Waals surface area contributed by atoms with Crippen molar-refractivity contribution in [2.24, 2.45) is 15.7 Å². The molecule has 0 atom stereocenters. The van der Waals surface area contributed by atoms with Gasteiger partial charge in [-0.1, -0.05) is 0 Å². The summed E-state index contributed by atoms with van der Waals surface area (Å²) in [5.41, 5.74) is 6.19. The minimum atomic E-state index is 0.344. The molecular weight excluding hydrogens is 114 g/mol. The molecule has 0 unspecified atom stereocenters. The number of nitrogens with two attached hydrogens (primary N) is 1. The van der Waals surface area contributed by atoms with Crippen LogP contribution in [-0.2, 0) is 0 Å². The smallest absolute Gasteiger partial charge is 0.141 e. The molecule has 0 fully saturated rings. The molecule has 0 radical (unpaired) electrons. The van der Waals surface area contributed by atoms with Gasteiger partial charge >= 0.3 is 0 Å². The molecule has 0 aliphatic heterocycles. The van der Waals surface area contributed by atoms with E-state index in [-0.39, 0.29) is 0 Å². The summed E-state index contributed by atoms with van der Waals surface area (Å²) in [7, 11) is 0. The number of hydrogen-bond acceptors (Lipinski definition) is 3. The Morgan fingerprint density at radius 3 is 2.44 bits per heavy atom. The summed E-state index contributed by atoms with van der Waals surface area (Å²) in [5.74, 6) is 0.344. The number of hydrogen-bond donors (Lipinski definition) is 1. The quantitative estimate of drug-likeness (QED) is 0.548. The molecule has 0 aliphatic carbocycles. The van der Waals surface area contributed by atoms with Crippen LogP contribution in [0.2, 0.25) is 0 Å². The fourth-order valence-electron chi connectivity index (χ4n) is 0.236. The van der Waals surface area contributed by atoms with Crippen molar-refractivity contribution in [1.82, 2.24) is 0 Å². The Labute approximate surface area is 55.0 Å². The molecule has 9 heavy (non-hydrogen) atoms. The van der Waals surface area contributed by atoms with E-state index in [2.05, 4.69) is 16.7 Å². The summed E-state index contributed by atoms with van der Waals surface area (Å²) >= 11 is 0. The first-order valence-electron chi connectivity index (χ1n) is 2.60. The van der Waals surface area contributed by atoms with Crippen molar-refractivity contribution < 1.29 is 0 Å². The molecule has 3 nitrogen and oxygen atoms in total. The Hall–Kier alpha value is -1.12. The van der Waals surface area contributed by atoms with E-state index in [1.54, 1.807) is 0 Å². The maximum absolute atomic E-state index is 5.25. The number of nitrogens with zero attached hydrogens (tertiary/aromatic N) is 2. The van der Waals surface area contributed by atoms with Crippen molar-refractivity contribution in [1.29, 1.82) is 0 Å². The van der Waals surface area contributed by atoms with E-state index in [0.717, 1.165) is 5.71 Å². The Morgan fingerprint density at radius 2 is 2.11 bits per heavy atom. The normalized spacial score (nSPS) is 10.7. The van der Waals surface area contributed by atoms with Gasteiger partial charge in [-0.3, -0.25) is 4.99 Å². The second-order valence-electron chi connectivity index (χ2n) is 1.79. The van der Waals surface area contributed by atoms with Crippen LogP contribution < -0.4 is 5.73 Å². The lowest BCUT2D eigenvalue weighted by Gasteiger charge is -1.86. The predicted octanol–water partition coefficient (Wildman–Crippen LogP) is 0.925. The molecule has 0 saturated heterocycles. The topological polar surface area (TPSA) is 50.7 Å². The molecule has 0 saturated carbocycles. The molecule has 0 bridgehead atoms. The van der Waals surface area contributed by atoms with E-state index in [1.165, 1.54) is 6.20 Å². The highest BCUT2D eigenvalue weighted by Crippen LogP contribution is 1.84. The van der Waals surface area contributed by atoms with Crippen LogP contribution in [-0.4, -0.2) is 12.4 Å². The zero-order chi connectivity index (χ0) is 7.28. The van der Waals surface area contributed by atoms with E-state index < -0.39 is 0 Å². The average molecular weight is 125 g/mol. The molecule has 0 spiro atoms. The number of aliphatic imine (C=N–C) groups is 2. The molecule has 0 heterocycles. The molecule has 0 aromatic rings. The zero-order valence-corrected chi connectivity index (χ0v) is 5.76. The first kappa shape index (κ1) is 7.88. The minimum Gasteiger partial charge on any atom is -0.382 e. The Bertz CT molecular complexity index is 152. The van der Waals surface area contributed by atoms with E-state index in [9.17, 15) is 0 Å². The molecular formula is C6H11N3. The molecule has 0 rings (SSSR count). The molecule has 2 N–H and O–H groups in total. The fourth-order valence-corrected chi connectivity index (χ4v) is 0.236. The van der Waals surface area contributed by atoms with Crippen LogP contribution >= 0.6 is 0 Å². The van der Waals surface area contributed by atoms with Crippen molar-refractivity contribution in [2.75, 3.05) is 0 Å².